The Labute approximate surface area is 129 Å². The van der Waals surface area contributed by atoms with Gasteiger partial charge in [-0.3, -0.25) is 9.78 Å². The monoisotopic (exact) mass is 304 g/mol. The van der Waals surface area contributed by atoms with Crippen molar-refractivity contribution in [3.63, 3.8) is 0 Å². The molecule has 2 aromatic rings. The predicted molar refractivity (Wildman–Crippen MR) is 82.9 cm³/mol. The van der Waals surface area contributed by atoms with Crippen LogP contribution in [0.4, 0.5) is 0 Å². The van der Waals surface area contributed by atoms with E-state index in [-0.39, 0.29) is 5.91 Å². The zero-order valence-corrected chi connectivity index (χ0v) is 12.6. The van der Waals surface area contributed by atoms with Gasteiger partial charge in [0.25, 0.3) is 5.91 Å². The Morgan fingerprint density at radius 1 is 1.33 bits per heavy atom. The van der Waals surface area contributed by atoms with Crippen LogP contribution in [-0.2, 0) is 0 Å². The second-order valence-corrected chi connectivity index (χ2v) is 4.98. The van der Waals surface area contributed by atoms with Crippen LogP contribution in [0.25, 0.3) is 0 Å². The smallest absolute Gasteiger partial charge is 0.254 e. The summed E-state index contributed by atoms with van der Waals surface area (Å²) < 4.78 is 5.54. The summed E-state index contributed by atoms with van der Waals surface area (Å²) in [6, 6.07) is 11.3. The summed E-state index contributed by atoms with van der Waals surface area (Å²) >= 11 is 6.02. The number of rotatable bonds is 6. The van der Waals surface area contributed by atoms with Crippen LogP contribution in [0.5, 0.6) is 5.75 Å². The molecule has 0 saturated carbocycles. The van der Waals surface area contributed by atoms with Crippen LogP contribution in [0.1, 0.15) is 22.5 Å². The fourth-order valence-electron chi connectivity index (χ4n) is 1.77. The van der Waals surface area contributed by atoms with Gasteiger partial charge in [-0.25, -0.2) is 0 Å². The molecule has 1 aromatic heterocycles. The molecule has 1 amide bonds. The van der Waals surface area contributed by atoms with Gasteiger partial charge in [0.1, 0.15) is 5.75 Å². The molecule has 2 rings (SSSR count). The summed E-state index contributed by atoms with van der Waals surface area (Å²) in [5.41, 5.74) is 1.18. The second-order valence-electron chi connectivity index (χ2n) is 4.58. The second kappa shape index (κ2) is 7.64. The molecule has 0 radical (unpaired) electrons. The van der Waals surface area contributed by atoms with Crippen molar-refractivity contribution in [2.45, 2.75) is 13.3 Å². The number of aromatic nitrogens is 1. The Balaban J connectivity index is 1.72. The van der Waals surface area contributed by atoms with Crippen molar-refractivity contribution in [3.8, 4) is 5.75 Å². The van der Waals surface area contributed by atoms with E-state index in [4.69, 9.17) is 16.3 Å². The minimum Gasteiger partial charge on any atom is -0.494 e. The van der Waals surface area contributed by atoms with Crippen molar-refractivity contribution in [2.75, 3.05) is 13.2 Å². The molecule has 0 atom stereocenters. The zero-order valence-electron chi connectivity index (χ0n) is 11.8. The van der Waals surface area contributed by atoms with E-state index < -0.39 is 0 Å². The molecule has 5 heteroatoms. The molecule has 0 aliphatic rings. The molecule has 0 saturated heterocycles. The molecule has 1 aromatic carbocycles. The first-order valence-electron chi connectivity index (χ1n) is 6.75. The van der Waals surface area contributed by atoms with Crippen LogP contribution in [0.2, 0.25) is 5.02 Å². The van der Waals surface area contributed by atoms with Gasteiger partial charge < -0.3 is 10.1 Å². The number of carbonyl (C=O) groups excluding carboxylic acids is 1. The lowest BCUT2D eigenvalue weighted by atomic mass is 10.2. The largest absolute Gasteiger partial charge is 0.494 e. The molecule has 1 heterocycles. The maximum atomic E-state index is 11.9. The van der Waals surface area contributed by atoms with Gasteiger partial charge in [0.05, 0.1) is 17.2 Å². The minimum atomic E-state index is -0.216. The van der Waals surface area contributed by atoms with Gasteiger partial charge in [0.15, 0.2) is 0 Å². The molecule has 4 nitrogen and oxygen atoms in total. The van der Waals surface area contributed by atoms with Gasteiger partial charge in [0.2, 0.25) is 0 Å². The lowest BCUT2D eigenvalue weighted by Gasteiger charge is -2.08. The van der Waals surface area contributed by atoms with Crippen molar-refractivity contribution in [2.24, 2.45) is 0 Å². The van der Waals surface area contributed by atoms with E-state index in [1.54, 1.807) is 6.07 Å². The van der Waals surface area contributed by atoms with E-state index in [2.05, 4.69) is 10.3 Å². The molecule has 0 aliphatic heterocycles. The third-order valence-electron chi connectivity index (χ3n) is 2.85. The lowest BCUT2D eigenvalue weighted by molar-refractivity contribution is 0.0951. The Kier molecular flexibility index (Phi) is 5.58. The van der Waals surface area contributed by atoms with Gasteiger partial charge in [-0.2, -0.15) is 0 Å². The van der Waals surface area contributed by atoms with E-state index in [0.29, 0.717) is 23.7 Å². The SMILES string of the molecule is Cc1cc(Cl)c(C(=O)NCCCOc2ccccc2)cn1. The summed E-state index contributed by atoms with van der Waals surface area (Å²) in [5.74, 6) is 0.613. The number of hydrogen-bond donors (Lipinski definition) is 1. The number of nitrogens with zero attached hydrogens (tertiary/aromatic N) is 1. The first kappa shape index (κ1) is 15.3. The predicted octanol–water partition coefficient (Wildman–Crippen LogP) is 3.24. The molecule has 0 bridgehead atoms. The Hall–Kier alpha value is -2.07. The summed E-state index contributed by atoms with van der Waals surface area (Å²) in [6.07, 6.45) is 2.21. The summed E-state index contributed by atoms with van der Waals surface area (Å²) in [5, 5.41) is 3.22. The highest BCUT2D eigenvalue weighted by Crippen LogP contribution is 2.15. The van der Waals surface area contributed by atoms with Crippen LogP contribution in [-0.4, -0.2) is 24.0 Å². The normalized spacial score (nSPS) is 10.2. The number of benzene rings is 1. The number of nitrogens with one attached hydrogen (secondary N) is 1. The first-order valence-corrected chi connectivity index (χ1v) is 7.13. The summed E-state index contributed by atoms with van der Waals surface area (Å²) in [6.45, 7) is 2.90. The zero-order chi connectivity index (χ0) is 15.1. The number of pyridine rings is 1. The summed E-state index contributed by atoms with van der Waals surface area (Å²) in [7, 11) is 0. The van der Waals surface area contributed by atoms with Crippen LogP contribution in [0, 0.1) is 6.92 Å². The topological polar surface area (TPSA) is 51.2 Å². The maximum Gasteiger partial charge on any atom is 0.254 e. The Bertz CT molecular complexity index is 602. The van der Waals surface area contributed by atoms with Crippen LogP contribution < -0.4 is 10.1 Å². The van der Waals surface area contributed by atoms with Crippen molar-refractivity contribution in [1.82, 2.24) is 10.3 Å². The molecule has 0 spiro atoms. The average Bonchev–Trinajstić information content (AvgIpc) is 2.47. The standard InChI is InChI=1S/C16H17ClN2O2/c1-12-10-15(17)14(11-19-12)16(20)18-8-5-9-21-13-6-3-2-4-7-13/h2-4,6-7,10-11H,5,8-9H2,1H3,(H,18,20). The van der Waals surface area contributed by atoms with Gasteiger partial charge in [0, 0.05) is 18.4 Å². The molecule has 0 fully saturated rings. The van der Waals surface area contributed by atoms with Crippen LogP contribution in [0.3, 0.4) is 0 Å². The molecular formula is C16H17ClN2O2. The van der Waals surface area contributed by atoms with E-state index in [1.165, 1.54) is 6.20 Å². The minimum absolute atomic E-state index is 0.216. The third kappa shape index (κ3) is 4.76. The first-order chi connectivity index (χ1) is 10.2. The summed E-state index contributed by atoms with van der Waals surface area (Å²) in [4.78, 5) is 16.0. The number of ether oxygens (including phenoxy) is 1. The fraction of sp³-hybridized carbons (Fsp3) is 0.250. The third-order valence-corrected chi connectivity index (χ3v) is 3.17. The van der Waals surface area contributed by atoms with Gasteiger partial charge in [-0.15, -0.1) is 0 Å². The van der Waals surface area contributed by atoms with Gasteiger partial charge >= 0.3 is 0 Å². The molecule has 0 unspecified atom stereocenters. The number of hydrogen-bond acceptors (Lipinski definition) is 3. The van der Waals surface area contributed by atoms with Crippen molar-refractivity contribution >= 4 is 17.5 Å². The van der Waals surface area contributed by atoms with Crippen LogP contribution in [0.15, 0.2) is 42.6 Å². The fourth-order valence-corrected chi connectivity index (χ4v) is 2.06. The van der Waals surface area contributed by atoms with Crippen molar-refractivity contribution in [3.05, 3.63) is 58.9 Å². The molecule has 0 aliphatic carbocycles. The molecule has 21 heavy (non-hydrogen) atoms. The highest BCUT2D eigenvalue weighted by molar-refractivity contribution is 6.33. The average molecular weight is 305 g/mol. The number of halogens is 1. The van der Waals surface area contributed by atoms with E-state index in [0.717, 1.165) is 17.9 Å². The lowest BCUT2D eigenvalue weighted by Crippen LogP contribution is -2.26. The Morgan fingerprint density at radius 2 is 2.10 bits per heavy atom. The molecular weight excluding hydrogens is 288 g/mol. The number of aryl methyl sites for hydroxylation is 1. The van der Waals surface area contributed by atoms with E-state index in [1.807, 2.05) is 37.3 Å². The van der Waals surface area contributed by atoms with Crippen molar-refractivity contribution in [1.29, 1.82) is 0 Å². The number of para-hydroxylation sites is 1. The van der Waals surface area contributed by atoms with Crippen molar-refractivity contribution < 1.29 is 9.53 Å². The van der Waals surface area contributed by atoms with Gasteiger partial charge in [-0.1, -0.05) is 29.8 Å². The number of carbonyl (C=O) groups is 1. The quantitative estimate of drug-likeness (QED) is 0.834. The maximum absolute atomic E-state index is 11.9. The Morgan fingerprint density at radius 3 is 2.81 bits per heavy atom. The highest BCUT2D eigenvalue weighted by Gasteiger charge is 2.10. The highest BCUT2D eigenvalue weighted by atomic mass is 35.5. The number of amides is 1. The molecule has 110 valence electrons. The van der Waals surface area contributed by atoms with Gasteiger partial charge in [-0.05, 0) is 31.5 Å². The molecule has 1 N–H and O–H groups in total. The van der Waals surface area contributed by atoms with Crippen LogP contribution >= 0.6 is 11.6 Å². The van der Waals surface area contributed by atoms with E-state index in [9.17, 15) is 4.79 Å². The van der Waals surface area contributed by atoms with E-state index >= 15 is 0 Å².